The summed E-state index contributed by atoms with van der Waals surface area (Å²) in [6.45, 7) is 4.73. The second-order valence-electron chi connectivity index (χ2n) is 0.895. The van der Waals surface area contributed by atoms with Crippen molar-refractivity contribution >= 4 is 0 Å². The molecule has 0 aromatic heterocycles. The lowest BCUT2D eigenvalue weighted by molar-refractivity contribution is 0.168. The van der Waals surface area contributed by atoms with Crippen molar-refractivity contribution in [2.45, 2.75) is 6.92 Å². The molecule has 2 heteroatoms. The molecule has 37 valence electrons. The molecule has 0 spiro atoms. The Morgan fingerprint density at radius 3 is 2.67 bits per heavy atom. The number of hydrogen-bond acceptors (Lipinski definition) is 2. The second-order valence-corrected chi connectivity index (χ2v) is 0.895. The molecule has 0 amide bonds. The van der Waals surface area contributed by atoms with E-state index in [9.17, 15) is 0 Å². The Morgan fingerprint density at radius 1 is 1.83 bits per heavy atom. The summed E-state index contributed by atoms with van der Waals surface area (Å²) < 4.78 is 4.80. The minimum Gasteiger partial charge on any atom is -0.380 e. The van der Waals surface area contributed by atoms with E-state index in [1.807, 2.05) is 6.92 Å². The average Bonchev–Trinajstić information content (AvgIpc) is 1.61. The molecule has 2 nitrogen and oxygen atoms in total. The molecule has 0 bridgehead atoms. The minimum absolute atomic E-state index is 0.566. The van der Waals surface area contributed by atoms with Gasteiger partial charge < -0.3 is 10.5 Å². The van der Waals surface area contributed by atoms with Crippen LogP contribution in [0.25, 0.3) is 0 Å². The third-order valence-corrected chi connectivity index (χ3v) is 0.418. The molecule has 0 aliphatic heterocycles. The van der Waals surface area contributed by atoms with E-state index < -0.39 is 0 Å². The predicted molar refractivity (Wildman–Crippen MR) is 25.0 cm³/mol. The first-order valence-electron chi connectivity index (χ1n) is 2.03. The Morgan fingerprint density at radius 2 is 2.50 bits per heavy atom. The Balaban J connectivity index is 2.34. The van der Waals surface area contributed by atoms with Crippen LogP contribution in [-0.4, -0.2) is 13.2 Å². The van der Waals surface area contributed by atoms with Gasteiger partial charge in [0, 0.05) is 13.2 Å². The van der Waals surface area contributed by atoms with Gasteiger partial charge in [-0.25, -0.2) is 0 Å². The number of rotatable bonds is 3. The smallest absolute Gasteiger partial charge is 0.0633 e. The fourth-order valence-electron chi connectivity index (χ4n) is 0.186. The van der Waals surface area contributed by atoms with Crippen molar-refractivity contribution in [2.24, 2.45) is 5.73 Å². The Bertz CT molecular complexity index is 19.5. The molecular formula is C4H10NO. The molecule has 0 aromatic rings. The van der Waals surface area contributed by atoms with E-state index in [-0.39, 0.29) is 0 Å². The molecule has 0 aromatic carbocycles. The first kappa shape index (κ1) is 5.92. The van der Waals surface area contributed by atoms with E-state index in [2.05, 4.69) is 0 Å². The van der Waals surface area contributed by atoms with Crippen LogP contribution in [0.15, 0.2) is 0 Å². The molecule has 6 heavy (non-hydrogen) atoms. The summed E-state index contributed by atoms with van der Waals surface area (Å²) in [5.41, 5.74) is 4.96. The molecule has 0 unspecified atom stereocenters. The summed E-state index contributed by atoms with van der Waals surface area (Å²) in [5, 5.41) is 0. The predicted octanol–water partition coefficient (Wildman–Crippen LogP) is 0.143. The SMILES string of the molecule is CCOC[CH]N. The summed E-state index contributed by atoms with van der Waals surface area (Å²) in [5.74, 6) is 0. The second kappa shape index (κ2) is 4.92. The van der Waals surface area contributed by atoms with Gasteiger partial charge in [0.25, 0.3) is 0 Å². The highest BCUT2D eigenvalue weighted by Gasteiger charge is 1.73. The van der Waals surface area contributed by atoms with Gasteiger partial charge >= 0.3 is 0 Å². The van der Waals surface area contributed by atoms with Crippen LogP contribution in [0.1, 0.15) is 6.92 Å². The first-order chi connectivity index (χ1) is 2.91. The van der Waals surface area contributed by atoms with Crippen molar-refractivity contribution in [2.75, 3.05) is 13.2 Å². The van der Waals surface area contributed by atoms with E-state index in [4.69, 9.17) is 10.5 Å². The lowest BCUT2D eigenvalue weighted by Crippen LogP contribution is -2.00. The van der Waals surface area contributed by atoms with Gasteiger partial charge in [0.05, 0.1) is 6.61 Å². The van der Waals surface area contributed by atoms with Crippen molar-refractivity contribution in [3.8, 4) is 0 Å². The first-order valence-corrected chi connectivity index (χ1v) is 2.03. The average molecular weight is 88.1 g/mol. The molecule has 0 aliphatic rings. The highest BCUT2D eigenvalue weighted by Crippen LogP contribution is 1.68. The zero-order valence-electron chi connectivity index (χ0n) is 3.98. The van der Waals surface area contributed by atoms with Gasteiger partial charge in [-0.3, -0.25) is 0 Å². The van der Waals surface area contributed by atoms with Crippen molar-refractivity contribution in [3.05, 3.63) is 6.54 Å². The topological polar surface area (TPSA) is 35.2 Å². The molecular weight excluding hydrogens is 78.0 g/mol. The zero-order chi connectivity index (χ0) is 4.83. The van der Waals surface area contributed by atoms with Gasteiger partial charge in [-0.05, 0) is 6.92 Å². The fourth-order valence-corrected chi connectivity index (χ4v) is 0.186. The van der Waals surface area contributed by atoms with Gasteiger partial charge in [0.15, 0.2) is 0 Å². The molecule has 0 saturated heterocycles. The summed E-state index contributed by atoms with van der Waals surface area (Å²) in [4.78, 5) is 0. The third kappa shape index (κ3) is 3.92. The van der Waals surface area contributed by atoms with Crippen LogP contribution in [0.4, 0.5) is 0 Å². The Labute approximate surface area is 38.3 Å². The van der Waals surface area contributed by atoms with Gasteiger partial charge in [-0.1, -0.05) is 0 Å². The van der Waals surface area contributed by atoms with Crippen LogP contribution in [-0.2, 0) is 4.74 Å². The quantitative estimate of drug-likeness (QED) is 0.498. The van der Waals surface area contributed by atoms with E-state index in [0.717, 1.165) is 6.61 Å². The number of ether oxygens (including phenoxy) is 1. The van der Waals surface area contributed by atoms with Crippen LogP contribution in [0.3, 0.4) is 0 Å². The summed E-state index contributed by atoms with van der Waals surface area (Å²) in [7, 11) is 0. The standard InChI is InChI=1S/C4H10NO/c1-2-6-4-3-5/h3H,2,4-5H2,1H3. The maximum atomic E-state index is 4.96. The lowest BCUT2D eigenvalue weighted by atomic mass is 10.7. The maximum Gasteiger partial charge on any atom is 0.0633 e. The van der Waals surface area contributed by atoms with Gasteiger partial charge in [-0.2, -0.15) is 0 Å². The van der Waals surface area contributed by atoms with Crippen LogP contribution in [0.2, 0.25) is 0 Å². The largest absolute Gasteiger partial charge is 0.380 e. The van der Waals surface area contributed by atoms with E-state index in [1.165, 1.54) is 6.54 Å². The van der Waals surface area contributed by atoms with Crippen LogP contribution < -0.4 is 5.73 Å². The minimum atomic E-state index is 0.566. The van der Waals surface area contributed by atoms with Crippen molar-refractivity contribution < 1.29 is 4.74 Å². The maximum absolute atomic E-state index is 4.96. The molecule has 0 aliphatic carbocycles. The summed E-state index contributed by atoms with van der Waals surface area (Å²) in [6, 6.07) is 0. The monoisotopic (exact) mass is 88.1 g/mol. The van der Waals surface area contributed by atoms with Crippen LogP contribution >= 0.6 is 0 Å². The fraction of sp³-hybridized carbons (Fsp3) is 0.750. The van der Waals surface area contributed by atoms with E-state index in [1.54, 1.807) is 0 Å². The van der Waals surface area contributed by atoms with E-state index in [0.29, 0.717) is 6.61 Å². The normalized spacial score (nSPS) is 9.00. The van der Waals surface area contributed by atoms with Crippen LogP contribution in [0.5, 0.6) is 0 Å². The van der Waals surface area contributed by atoms with Gasteiger partial charge in [0.2, 0.25) is 0 Å². The lowest BCUT2D eigenvalue weighted by Gasteiger charge is -1.91. The number of hydrogen-bond donors (Lipinski definition) is 1. The Kier molecular flexibility index (Phi) is 4.85. The third-order valence-electron chi connectivity index (χ3n) is 0.418. The molecule has 0 heterocycles. The zero-order valence-corrected chi connectivity index (χ0v) is 3.98. The molecule has 0 rings (SSSR count). The molecule has 2 N–H and O–H groups in total. The number of nitrogens with two attached hydrogens (primary N) is 1. The van der Waals surface area contributed by atoms with Crippen molar-refractivity contribution in [3.63, 3.8) is 0 Å². The Hall–Kier alpha value is -0.0800. The molecule has 1 radical (unpaired) electrons. The van der Waals surface area contributed by atoms with Crippen molar-refractivity contribution in [1.29, 1.82) is 0 Å². The molecule has 0 saturated carbocycles. The van der Waals surface area contributed by atoms with Gasteiger partial charge in [0.1, 0.15) is 0 Å². The van der Waals surface area contributed by atoms with E-state index >= 15 is 0 Å². The van der Waals surface area contributed by atoms with Gasteiger partial charge in [-0.15, -0.1) is 0 Å². The van der Waals surface area contributed by atoms with Crippen molar-refractivity contribution in [1.82, 2.24) is 0 Å². The molecule has 0 atom stereocenters. The summed E-state index contributed by atoms with van der Waals surface area (Å²) >= 11 is 0. The molecule has 0 fully saturated rings. The highest BCUT2D eigenvalue weighted by molar-refractivity contribution is 4.46. The highest BCUT2D eigenvalue weighted by atomic mass is 16.5. The van der Waals surface area contributed by atoms with Crippen LogP contribution in [0, 0.1) is 6.54 Å². The summed E-state index contributed by atoms with van der Waals surface area (Å²) in [6.07, 6.45) is 0.